The molecule has 0 saturated carbocycles. The molecule has 4 rings (SSSR count). The average Bonchev–Trinajstić information content (AvgIpc) is 3.21. The Morgan fingerprint density at radius 3 is 2.60 bits per heavy atom. The molecule has 0 unspecified atom stereocenters. The number of ether oxygens (including phenoxy) is 2. The van der Waals surface area contributed by atoms with Crippen LogP contribution in [0.4, 0.5) is 5.69 Å². The van der Waals surface area contributed by atoms with Gasteiger partial charge in [0, 0.05) is 37.9 Å². The van der Waals surface area contributed by atoms with Gasteiger partial charge >= 0.3 is 0 Å². The summed E-state index contributed by atoms with van der Waals surface area (Å²) >= 11 is 0. The third-order valence-corrected chi connectivity index (χ3v) is 6.92. The van der Waals surface area contributed by atoms with E-state index in [-0.39, 0.29) is 17.6 Å². The van der Waals surface area contributed by atoms with Gasteiger partial charge in [0.25, 0.3) is 0 Å². The molecule has 8 nitrogen and oxygen atoms in total. The van der Waals surface area contributed by atoms with Crippen molar-refractivity contribution in [2.45, 2.75) is 4.90 Å². The largest absolute Gasteiger partial charge is 0.454 e. The molecule has 1 amide bonds. The molecule has 1 N–H and O–H groups in total. The molecule has 0 atom stereocenters. The van der Waals surface area contributed by atoms with E-state index in [4.69, 9.17) is 9.47 Å². The summed E-state index contributed by atoms with van der Waals surface area (Å²) in [5.74, 6) is 0.955. The zero-order chi connectivity index (χ0) is 21.1. The van der Waals surface area contributed by atoms with Crippen molar-refractivity contribution in [2.75, 3.05) is 45.3 Å². The number of carbonyl (C=O) groups excluding carboxylic acids is 1. The molecule has 0 spiro atoms. The molecule has 2 aliphatic rings. The number of likely N-dealkylation sites (N-methyl/N-ethyl adjacent to an activating group) is 1. The summed E-state index contributed by atoms with van der Waals surface area (Å²) < 4.78 is 37.9. The highest BCUT2D eigenvalue weighted by molar-refractivity contribution is 7.89. The van der Waals surface area contributed by atoms with Crippen LogP contribution < -0.4 is 14.8 Å². The summed E-state index contributed by atoms with van der Waals surface area (Å²) in [6.45, 7) is 2.48. The minimum Gasteiger partial charge on any atom is -0.454 e. The summed E-state index contributed by atoms with van der Waals surface area (Å²) in [5.41, 5.74) is 1.21. The predicted molar refractivity (Wildman–Crippen MR) is 113 cm³/mol. The van der Waals surface area contributed by atoms with E-state index in [1.807, 2.05) is 13.1 Å². The van der Waals surface area contributed by atoms with Gasteiger partial charge in [-0.2, -0.15) is 4.31 Å². The molecule has 1 fully saturated rings. The minimum atomic E-state index is -3.59. The number of hydrogen-bond acceptors (Lipinski definition) is 6. The Labute approximate surface area is 175 Å². The second-order valence-corrected chi connectivity index (χ2v) is 9.11. The van der Waals surface area contributed by atoms with Crippen molar-refractivity contribution in [3.05, 3.63) is 54.1 Å². The summed E-state index contributed by atoms with van der Waals surface area (Å²) in [7, 11) is -1.62. The molecule has 2 aromatic carbocycles. The first kappa shape index (κ1) is 20.4. The number of benzene rings is 2. The highest BCUT2D eigenvalue weighted by Gasteiger charge is 2.27. The lowest BCUT2D eigenvalue weighted by molar-refractivity contribution is -0.111. The van der Waals surface area contributed by atoms with Crippen molar-refractivity contribution < 1.29 is 22.7 Å². The average molecular weight is 429 g/mol. The lowest BCUT2D eigenvalue weighted by Gasteiger charge is -2.31. The van der Waals surface area contributed by atoms with E-state index in [2.05, 4.69) is 10.2 Å². The number of carbonyl (C=O) groups is 1. The van der Waals surface area contributed by atoms with Gasteiger partial charge in [0.1, 0.15) is 0 Å². The standard InChI is InChI=1S/C21H23N3O5S/c1-23-9-11-24(12-10-23)30(26,27)18-4-2-3-17(14-18)22-21(25)8-6-16-5-7-19-20(13-16)29-15-28-19/h2-8,13-14H,9-12,15H2,1H3,(H,22,25)/b8-6+. The van der Waals surface area contributed by atoms with Crippen LogP contribution in [0.1, 0.15) is 5.56 Å². The molecule has 2 aromatic rings. The number of fused-ring (bicyclic) bond motifs is 1. The predicted octanol–water partition coefficient (Wildman–Crippen LogP) is 2.00. The fraction of sp³-hybridized carbons (Fsp3) is 0.286. The molecule has 0 aliphatic carbocycles. The summed E-state index contributed by atoms with van der Waals surface area (Å²) in [6.07, 6.45) is 3.04. The van der Waals surface area contributed by atoms with Crippen LogP contribution in [0.25, 0.3) is 6.08 Å². The van der Waals surface area contributed by atoms with Crippen molar-refractivity contribution in [3.8, 4) is 11.5 Å². The van der Waals surface area contributed by atoms with Gasteiger partial charge in [-0.15, -0.1) is 0 Å². The van der Waals surface area contributed by atoms with E-state index in [0.29, 0.717) is 43.4 Å². The van der Waals surface area contributed by atoms with Crippen LogP contribution in [-0.4, -0.2) is 63.5 Å². The van der Waals surface area contributed by atoms with Crippen LogP contribution in [0.15, 0.2) is 53.4 Å². The van der Waals surface area contributed by atoms with Gasteiger partial charge in [0.15, 0.2) is 11.5 Å². The van der Waals surface area contributed by atoms with Crippen LogP contribution >= 0.6 is 0 Å². The molecule has 0 bridgehead atoms. The van der Waals surface area contributed by atoms with E-state index in [9.17, 15) is 13.2 Å². The first-order chi connectivity index (χ1) is 14.4. The quantitative estimate of drug-likeness (QED) is 0.732. The van der Waals surface area contributed by atoms with Crippen LogP contribution in [0.3, 0.4) is 0 Å². The van der Waals surface area contributed by atoms with Gasteiger partial charge in [-0.25, -0.2) is 8.42 Å². The third kappa shape index (κ3) is 4.48. The number of amides is 1. The smallest absolute Gasteiger partial charge is 0.248 e. The molecule has 0 aromatic heterocycles. The maximum atomic E-state index is 12.9. The lowest BCUT2D eigenvalue weighted by atomic mass is 10.2. The van der Waals surface area contributed by atoms with Crippen molar-refractivity contribution >= 4 is 27.7 Å². The number of hydrogen-bond donors (Lipinski definition) is 1. The van der Waals surface area contributed by atoms with E-state index >= 15 is 0 Å². The van der Waals surface area contributed by atoms with Gasteiger partial charge < -0.3 is 19.7 Å². The SMILES string of the molecule is CN1CCN(S(=O)(=O)c2cccc(NC(=O)/C=C/c3ccc4c(c3)OCO4)c2)CC1. The van der Waals surface area contributed by atoms with E-state index in [0.717, 1.165) is 5.56 Å². The Kier molecular flexibility index (Phi) is 5.76. The van der Waals surface area contributed by atoms with Gasteiger partial charge in [-0.1, -0.05) is 12.1 Å². The Hall–Kier alpha value is -2.88. The fourth-order valence-electron chi connectivity index (χ4n) is 3.28. The molecular weight excluding hydrogens is 406 g/mol. The van der Waals surface area contributed by atoms with E-state index < -0.39 is 10.0 Å². The van der Waals surface area contributed by atoms with Crippen LogP contribution in [0.5, 0.6) is 11.5 Å². The minimum absolute atomic E-state index is 0.171. The highest BCUT2D eigenvalue weighted by Crippen LogP contribution is 2.32. The monoisotopic (exact) mass is 429 g/mol. The summed E-state index contributed by atoms with van der Waals surface area (Å²) in [4.78, 5) is 14.6. The van der Waals surface area contributed by atoms with Crippen molar-refractivity contribution in [1.82, 2.24) is 9.21 Å². The maximum Gasteiger partial charge on any atom is 0.248 e. The molecule has 1 saturated heterocycles. The number of sulfonamides is 1. The molecular formula is C21H23N3O5S. The zero-order valence-corrected chi connectivity index (χ0v) is 17.4. The van der Waals surface area contributed by atoms with E-state index in [1.165, 1.54) is 16.4 Å². The van der Waals surface area contributed by atoms with Crippen LogP contribution in [0.2, 0.25) is 0 Å². The normalized spacial score (nSPS) is 17.4. The maximum absolute atomic E-state index is 12.9. The Morgan fingerprint density at radius 1 is 1.03 bits per heavy atom. The first-order valence-corrected chi connectivity index (χ1v) is 11.0. The molecule has 0 radical (unpaired) electrons. The zero-order valence-electron chi connectivity index (χ0n) is 16.6. The second kappa shape index (κ2) is 8.47. The Balaban J connectivity index is 1.43. The number of anilines is 1. The van der Waals surface area contributed by atoms with Crippen molar-refractivity contribution in [2.24, 2.45) is 0 Å². The molecule has 158 valence electrons. The van der Waals surface area contributed by atoms with Crippen LogP contribution in [0, 0.1) is 0 Å². The summed E-state index contributed by atoms with van der Waals surface area (Å²) in [6, 6.07) is 11.7. The van der Waals surface area contributed by atoms with Gasteiger partial charge in [-0.05, 0) is 49.0 Å². The highest BCUT2D eigenvalue weighted by atomic mass is 32.2. The molecule has 30 heavy (non-hydrogen) atoms. The van der Waals surface area contributed by atoms with Gasteiger partial charge in [0.05, 0.1) is 4.90 Å². The second-order valence-electron chi connectivity index (χ2n) is 7.17. The number of rotatable bonds is 5. The molecule has 2 aliphatic heterocycles. The Bertz CT molecular complexity index is 1080. The third-order valence-electron chi connectivity index (χ3n) is 5.03. The van der Waals surface area contributed by atoms with Crippen molar-refractivity contribution in [3.63, 3.8) is 0 Å². The molecule has 2 heterocycles. The number of piperazine rings is 1. The first-order valence-electron chi connectivity index (χ1n) is 9.59. The van der Waals surface area contributed by atoms with Crippen molar-refractivity contribution in [1.29, 1.82) is 0 Å². The van der Waals surface area contributed by atoms with Gasteiger partial charge in [0.2, 0.25) is 22.7 Å². The lowest BCUT2D eigenvalue weighted by Crippen LogP contribution is -2.47. The van der Waals surface area contributed by atoms with E-state index in [1.54, 1.807) is 36.4 Å². The number of nitrogens with zero attached hydrogens (tertiary/aromatic N) is 2. The van der Waals surface area contributed by atoms with Crippen LogP contribution in [-0.2, 0) is 14.8 Å². The Morgan fingerprint density at radius 2 is 1.80 bits per heavy atom. The molecule has 9 heteroatoms. The van der Waals surface area contributed by atoms with Gasteiger partial charge in [-0.3, -0.25) is 4.79 Å². The fourth-order valence-corrected chi connectivity index (χ4v) is 4.75. The topological polar surface area (TPSA) is 88.2 Å². The summed E-state index contributed by atoms with van der Waals surface area (Å²) in [5, 5.41) is 2.71. The number of nitrogens with one attached hydrogen (secondary N) is 1.